The summed E-state index contributed by atoms with van der Waals surface area (Å²) in [7, 11) is 1.52. The van der Waals surface area contributed by atoms with Crippen molar-refractivity contribution in [1.29, 1.82) is 0 Å². The molecule has 2 N–H and O–H groups in total. The number of anilines is 2. The average Bonchev–Trinajstić information content (AvgIpc) is 2.45. The van der Waals surface area contributed by atoms with E-state index < -0.39 is 11.7 Å². The van der Waals surface area contributed by atoms with Gasteiger partial charge in [-0.25, -0.2) is 4.98 Å². The molecular weight excluding hydrogens is 281 g/mol. The van der Waals surface area contributed by atoms with Crippen molar-refractivity contribution in [2.24, 2.45) is 0 Å². The second-order valence-corrected chi connectivity index (χ2v) is 4.49. The van der Waals surface area contributed by atoms with Gasteiger partial charge in [-0.15, -0.1) is 0 Å². The van der Waals surface area contributed by atoms with Gasteiger partial charge in [0.05, 0.1) is 17.8 Å². The third-order valence-electron chi connectivity index (χ3n) is 2.96. The number of nitrogens with zero attached hydrogens (tertiary/aromatic N) is 2. The molecule has 112 valence electrons. The van der Waals surface area contributed by atoms with Gasteiger partial charge in [-0.2, -0.15) is 13.2 Å². The van der Waals surface area contributed by atoms with E-state index in [0.29, 0.717) is 6.54 Å². The van der Waals surface area contributed by atoms with Gasteiger partial charge >= 0.3 is 6.18 Å². The van der Waals surface area contributed by atoms with Gasteiger partial charge in [0.25, 0.3) is 0 Å². The summed E-state index contributed by atoms with van der Waals surface area (Å²) >= 11 is 0. The van der Waals surface area contributed by atoms with E-state index in [4.69, 9.17) is 0 Å². The molecule has 0 saturated heterocycles. The van der Waals surface area contributed by atoms with Gasteiger partial charge in [0, 0.05) is 13.2 Å². The fourth-order valence-electron chi connectivity index (χ4n) is 1.79. The molecule has 0 aliphatic heterocycles. The van der Waals surface area contributed by atoms with Crippen LogP contribution in [0.15, 0.2) is 30.5 Å². The summed E-state index contributed by atoms with van der Waals surface area (Å²) < 4.78 is 38.4. The van der Waals surface area contributed by atoms with Crippen LogP contribution in [0.1, 0.15) is 16.8 Å². The maximum Gasteiger partial charge on any atom is 0.416 e. The van der Waals surface area contributed by atoms with Crippen molar-refractivity contribution in [2.75, 3.05) is 17.7 Å². The molecule has 0 amide bonds. The number of aryl methyl sites for hydroxylation is 1. The van der Waals surface area contributed by atoms with E-state index in [-0.39, 0.29) is 11.6 Å². The van der Waals surface area contributed by atoms with Crippen LogP contribution in [0.5, 0.6) is 0 Å². The number of hydrogen-bond donors (Lipinski definition) is 2. The predicted octanol–water partition coefficient (Wildman–Crippen LogP) is 3.46. The fraction of sp³-hybridized carbons (Fsp3) is 0.286. The second kappa shape index (κ2) is 5.99. The van der Waals surface area contributed by atoms with E-state index >= 15 is 0 Å². The molecule has 0 radical (unpaired) electrons. The van der Waals surface area contributed by atoms with Crippen LogP contribution in [0.2, 0.25) is 0 Å². The lowest BCUT2D eigenvalue weighted by molar-refractivity contribution is -0.137. The molecule has 2 aromatic heterocycles. The van der Waals surface area contributed by atoms with Crippen molar-refractivity contribution in [3.63, 3.8) is 0 Å². The van der Waals surface area contributed by atoms with E-state index in [9.17, 15) is 13.2 Å². The molecule has 0 unspecified atom stereocenters. The SMILES string of the molecule is CNc1cc(C(F)(F)F)cc(NCc2ncccc2C)n1. The third-order valence-corrected chi connectivity index (χ3v) is 2.96. The first kappa shape index (κ1) is 15.1. The number of halogens is 3. The van der Waals surface area contributed by atoms with E-state index in [0.717, 1.165) is 23.4 Å². The summed E-state index contributed by atoms with van der Waals surface area (Å²) in [5.41, 5.74) is 0.982. The number of alkyl halides is 3. The zero-order chi connectivity index (χ0) is 15.5. The molecule has 2 aromatic rings. The van der Waals surface area contributed by atoms with Gasteiger partial charge < -0.3 is 10.6 Å². The highest BCUT2D eigenvalue weighted by Crippen LogP contribution is 2.32. The van der Waals surface area contributed by atoms with Crippen molar-refractivity contribution in [2.45, 2.75) is 19.6 Å². The Labute approximate surface area is 120 Å². The molecule has 0 spiro atoms. The molecule has 0 aliphatic carbocycles. The molecular formula is C14H15F3N4. The third kappa shape index (κ3) is 3.84. The predicted molar refractivity (Wildman–Crippen MR) is 75.1 cm³/mol. The maximum atomic E-state index is 12.8. The highest BCUT2D eigenvalue weighted by Gasteiger charge is 2.31. The Morgan fingerprint density at radius 2 is 1.90 bits per heavy atom. The van der Waals surface area contributed by atoms with Crippen LogP contribution in [0.4, 0.5) is 24.8 Å². The summed E-state index contributed by atoms with van der Waals surface area (Å²) in [5, 5.41) is 5.50. The summed E-state index contributed by atoms with van der Waals surface area (Å²) in [4.78, 5) is 8.24. The van der Waals surface area contributed by atoms with Crippen molar-refractivity contribution in [1.82, 2.24) is 9.97 Å². The lowest BCUT2D eigenvalue weighted by atomic mass is 10.2. The van der Waals surface area contributed by atoms with Crippen LogP contribution in [-0.2, 0) is 12.7 Å². The topological polar surface area (TPSA) is 49.8 Å². The minimum Gasteiger partial charge on any atom is -0.373 e. The molecule has 2 rings (SSSR count). The average molecular weight is 296 g/mol. The van der Waals surface area contributed by atoms with Crippen molar-refractivity contribution >= 4 is 11.6 Å². The molecule has 4 nitrogen and oxygen atoms in total. The molecule has 0 aliphatic rings. The van der Waals surface area contributed by atoms with Gasteiger partial charge in [-0.1, -0.05) is 6.07 Å². The van der Waals surface area contributed by atoms with Gasteiger partial charge in [0.1, 0.15) is 11.6 Å². The normalized spacial score (nSPS) is 11.3. The van der Waals surface area contributed by atoms with E-state index in [1.54, 1.807) is 12.3 Å². The first-order valence-corrected chi connectivity index (χ1v) is 6.31. The molecule has 0 bridgehead atoms. The zero-order valence-electron chi connectivity index (χ0n) is 11.6. The van der Waals surface area contributed by atoms with Crippen LogP contribution in [0.3, 0.4) is 0 Å². The van der Waals surface area contributed by atoms with E-state index in [1.165, 1.54) is 7.05 Å². The first-order valence-electron chi connectivity index (χ1n) is 6.31. The molecule has 0 saturated carbocycles. The number of rotatable bonds is 4. The van der Waals surface area contributed by atoms with Gasteiger partial charge in [-0.3, -0.25) is 4.98 Å². The molecule has 21 heavy (non-hydrogen) atoms. The highest BCUT2D eigenvalue weighted by atomic mass is 19.4. The van der Waals surface area contributed by atoms with Gasteiger partial charge in [0.15, 0.2) is 0 Å². The molecule has 2 heterocycles. The Bertz CT molecular complexity index is 626. The van der Waals surface area contributed by atoms with Crippen LogP contribution in [-0.4, -0.2) is 17.0 Å². The largest absolute Gasteiger partial charge is 0.416 e. The Hall–Kier alpha value is -2.31. The lowest BCUT2D eigenvalue weighted by Gasteiger charge is -2.13. The Kier molecular flexibility index (Phi) is 4.30. The minimum atomic E-state index is -4.41. The molecule has 0 fully saturated rings. The number of hydrogen-bond acceptors (Lipinski definition) is 4. The number of pyridine rings is 2. The van der Waals surface area contributed by atoms with E-state index in [1.807, 2.05) is 13.0 Å². The standard InChI is InChI=1S/C14H15F3N4/c1-9-4-3-5-19-11(9)8-20-13-7-10(14(15,16)17)6-12(18-2)21-13/h3-7H,8H2,1-2H3,(H2,18,20,21). The van der Waals surface area contributed by atoms with Crippen molar-refractivity contribution in [3.8, 4) is 0 Å². The summed E-state index contributed by atoms with van der Waals surface area (Å²) in [6.07, 6.45) is -2.77. The fourth-order valence-corrected chi connectivity index (χ4v) is 1.79. The van der Waals surface area contributed by atoms with Crippen molar-refractivity contribution in [3.05, 3.63) is 47.3 Å². The zero-order valence-corrected chi connectivity index (χ0v) is 11.6. The van der Waals surface area contributed by atoms with Gasteiger partial charge in [-0.05, 0) is 30.7 Å². The van der Waals surface area contributed by atoms with Crippen LogP contribution in [0.25, 0.3) is 0 Å². The number of aromatic nitrogens is 2. The first-order chi connectivity index (χ1) is 9.90. The van der Waals surface area contributed by atoms with Crippen LogP contribution >= 0.6 is 0 Å². The Morgan fingerprint density at radius 1 is 1.19 bits per heavy atom. The molecule has 0 aromatic carbocycles. The lowest BCUT2D eigenvalue weighted by Crippen LogP contribution is -2.10. The number of nitrogens with one attached hydrogen (secondary N) is 2. The summed E-state index contributed by atoms with van der Waals surface area (Å²) in [6.45, 7) is 2.20. The Morgan fingerprint density at radius 3 is 2.52 bits per heavy atom. The second-order valence-electron chi connectivity index (χ2n) is 4.49. The molecule has 0 atom stereocenters. The van der Waals surface area contributed by atoms with E-state index in [2.05, 4.69) is 20.6 Å². The monoisotopic (exact) mass is 296 g/mol. The van der Waals surface area contributed by atoms with Gasteiger partial charge in [0.2, 0.25) is 0 Å². The molecule has 7 heteroatoms. The van der Waals surface area contributed by atoms with Crippen LogP contribution in [0, 0.1) is 6.92 Å². The Balaban J connectivity index is 2.22. The maximum absolute atomic E-state index is 12.8. The quantitative estimate of drug-likeness (QED) is 0.907. The highest BCUT2D eigenvalue weighted by molar-refractivity contribution is 5.49. The van der Waals surface area contributed by atoms with Crippen LogP contribution < -0.4 is 10.6 Å². The summed E-state index contributed by atoms with van der Waals surface area (Å²) in [6, 6.07) is 5.65. The smallest absolute Gasteiger partial charge is 0.373 e. The van der Waals surface area contributed by atoms with Crippen molar-refractivity contribution < 1.29 is 13.2 Å². The minimum absolute atomic E-state index is 0.152. The summed E-state index contributed by atoms with van der Waals surface area (Å²) in [5.74, 6) is 0.310.